The van der Waals surface area contributed by atoms with Crippen molar-refractivity contribution in [3.63, 3.8) is 0 Å². The molecule has 0 N–H and O–H groups in total. The molecule has 0 saturated carbocycles. The Hall–Kier alpha value is -2.93. The molecule has 0 bridgehead atoms. The van der Waals surface area contributed by atoms with E-state index in [-0.39, 0.29) is 5.04 Å². The number of rotatable bonds is 12. The van der Waals surface area contributed by atoms with Crippen molar-refractivity contribution in [2.75, 3.05) is 20.8 Å². The van der Waals surface area contributed by atoms with Crippen LogP contribution in [0, 0.1) is 0 Å². The minimum absolute atomic E-state index is 0.118. The highest BCUT2D eigenvalue weighted by atomic mass is 28.4. The van der Waals surface area contributed by atoms with Crippen LogP contribution in [-0.4, -0.2) is 41.5 Å². The molecule has 35 heavy (non-hydrogen) atoms. The molecule has 1 atom stereocenters. The van der Waals surface area contributed by atoms with Crippen LogP contribution in [0.2, 0.25) is 5.04 Å². The monoisotopic (exact) mass is 492 g/mol. The SMILES string of the molecule is COc1ccc(CO[C@H](C=O)CCO[Si](c2ccccc2)(c2ccccc2)C(C)(C)C)cc1OC. The fourth-order valence-corrected chi connectivity index (χ4v) is 9.03. The van der Waals surface area contributed by atoms with Crippen LogP contribution in [0.4, 0.5) is 0 Å². The third kappa shape index (κ3) is 6.20. The predicted molar refractivity (Wildman–Crippen MR) is 142 cm³/mol. The quantitative estimate of drug-likeness (QED) is 0.270. The van der Waals surface area contributed by atoms with Crippen LogP contribution >= 0.6 is 0 Å². The van der Waals surface area contributed by atoms with Gasteiger partial charge in [-0.25, -0.2) is 0 Å². The van der Waals surface area contributed by atoms with Crippen LogP contribution in [0.5, 0.6) is 11.5 Å². The van der Waals surface area contributed by atoms with Gasteiger partial charge in [0.25, 0.3) is 8.32 Å². The van der Waals surface area contributed by atoms with Gasteiger partial charge in [-0.05, 0) is 33.1 Å². The molecule has 3 rings (SSSR count). The summed E-state index contributed by atoms with van der Waals surface area (Å²) in [4.78, 5) is 11.8. The van der Waals surface area contributed by atoms with E-state index < -0.39 is 14.4 Å². The lowest BCUT2D eigenvalue weighted by Gasteiger charge is -2.43. The Bertz CT molecular complexity index is 1020. The first-order valence-electron chi connectivity index (χ1n) is 11.9. The van der Waals surface area contributed by atoms with Crippen LogP contribution < -0.4 is 19.8 Å². The molecule has 0 fully saturated rings. The third-order valence-corrected chi connectivity index (χ3v) is 11.2. The normalized spacial score (nSPS) is 12.7. The lowest BCUT2D eigenvalue weighted by atomic mass is 10.2. The zero-order valence-electron chi connectivity index (χ0n) is 21.3. The highest BCUT2D eigenvalue weighted by Crippen LogP contribution is 2.37. The second-order valence-corrected chi connectivity index (χ2v) is 13.8. The molecule has 0 amide bonds. The highest BCUT2D eigenvalue weighted by Gasteiger charge is 2.50. The molecular formula is C29H36O5Si. The Labute approximate surface area is 210 Å². The van der Waals surface area contributed by atoms with E-state index in [2.05, 4.69) is 69.3 Å². The fraction of sp³-hybridized carbons (Fsp3) is 0.345. The summed E-state index contributed by atoms with van der Waals surface area (Å²) < 4.78 is 23.5. The van der Waals surface area contributed by atoms with Crippen LogP contribution in [0.1, 0.15) is 32.8 Å². The standard InChI is InChI=1S/C29H36O5Si/c1-29(2,3)35(25-12-8-6-9-13-25,26-14-10-7-11-15-26)34-19-18-24(21-30)33-22-23-16-17-27(31-4)28(20-23)32-5/h6-17,20-21,24H,18-19,22H2,1-5H3/t24-/m0/s1. The first-order valence-corrected chi connectivity index (χ1v) is 13.8. The summed E-state index contributed by atoms with van der Waals surface area (Å²) in [7, 11) is 0.555. The molecule has 0 saturated heterocycles. The summed E-state index contributed by atoms with van der Waals surface area (Å²) in [5, 5.41) is 2.31. The first kappa shape index (κ1) is 26.7. The second-order valence-electron chi connectivity index (χ2n) is 9.48. The smallest absolute Gasteiger partial charge is 0.261 e. The Morgan fingerprint density at radius 1 is 0.829 bits per heavy atom. The van der Waals surface area contributed by atoms with Gasteiger partial charge in [-0.3, -0.25) is 0 Å². The Morgan fingerprint density at radius 3 is 1.89 bits per heavy atom. The van der Waals surface area contributed by atoms with Crippen molar-refractivity contribution in [2.45, 2.75) is 44.9 Å². The lowest BCUT2D eigenvalue weighted by Crippen LogP contribution is -2.66. The maximum absolute atomic E-state index is 11.8. The van der Waals surface area contributed by atoms with E-state index in [1.807, 2.05) is 30.3 Å². The molecule has 186 valence electrons. The van der Waals surface area contributed by atoms with Gasteiger partial charge in [0.1, 0.15) is 12.4 Å². The summed E-state index contributed by atoms with van der Waals surface area (Å²) >= 11 is 0. The number of ether oxygens (including phenoxy) is 3. The van der Waals surface area contributed by atoms with Crippen LogP contribution in [0.3, 0.4) is 0 Å². The largest absolute Gasteiger partial charge is 0.493 e. The number of methoxy groups -OCH3 is 2. The van der Waals surface area contributed by atoms with Crippen molar-refractivity contribution < 1.29 is 23.4 Å². The average molecular weight is 493 g/mol. The van der Waals surface area contributed by atoms with Crippen LogP contribution in [0.25, 0.3) is 0 Å². The van der Waals surface area contributed by atoms with E-state index in [4.69, 9.17) is 18.6 Å². The summed E-state index contributed by atoms with van der Waals surface area (Å²) in [5.41, 5.74) is 0.905. The molecule has 3 aromatic carbocycles. The fourth-order valence-electron chi connectivity index (χ4n) is 4.45. The van der Waals surface area contributed by atoms with Crippen LogP contribution in [0.15, 0.2) is 78.9 Å². The summed E-state index contributed by atoms with van der Waals surface area (Å²) in [6.45, 7) is 7.43. The van der Waals surface area contributed by atoms with Crippen LogP contribution in [-0.2, 0) is 20.6 Å². The number of aldehydes is 1. The van der Waals surface area contributed by atoms with Crippen molar-refractivity contribution in [2.24, 2.45) is 0 Å². The molecule has 3 aromatic rings. The van der Waals surface area contributed by atoms with Gasteiger partial charge < -0.3 is 23.4 Å². The summed E-state index contributed by atoms with van der Waals surface area (Å²) in [6, 6.07) is 26.6. The third-order valence-electron chi connectivity index (χ3n) is 6.20. The molecule has 0 heterocycles. The van der Waals surface area contributed by atoms with Crippen molar-refractivity contribution in [3.8, 4) is 11.5 Å². The van der Waals surface area contributed by atoms with Gasteiger partial charge in [-0.1, -0.05) is 87.5 Å². The van der Waals surface area contributed by atoms with E-state index in [0.717, 1.165) is 11.8 Å². The lowest BCUT2D eigenvalue weighted by molar-refractivity contribution is -0.119. The summed E-state index contributed by atoms with van der Waals surface area (Å²) in [5.74, 6) is 1.29. The topological polar surface area (TPSA) is 54.0 Å². The van der Waals surface area contributed by atoms with Gasteiger partial charge in [0.05, 0.1) is 20.8 Å². The predicted octanol–water partition coefficient (Wildman–Crippen LogP) is 4.75. The van der Waals surface area contributed by atoms with Gasteiger partial charge >= 0.3 is 0 Å². The van der Waals surface area contributed by atoms with Gasteiger partial charge in [-0.2, -0.15) is 0 Å². The van der Waals surface area contributed by atoms with E-state index >= 15 is 0 Å². The molecule has 6 heteroatoms. The van der Waals surface area contributed by atoms with Crippen molar-refractivity contribution >= 4 is 25.0 Å². The van der Waals surface area contributed by atoms with E-state index in [1.54, 1.807) is 14.2 Å². The highest BCUT2D eigenvalue weighted by molar-refractivity contribution is 6.99. The van der Waals surface area contributed by atoms with Gasteiger partial charge in [-0.15, -0.1) is 0 Å². The van der Waals surface area contributed by atoms with E-state index in [1.165, 1.54) is 10.4 Å². The molecular weight excluding hydrogens is 456 g/mol. The number of benzene rings is 3. The maximum atomic E-state index is 11.8. The molecule has 0 aliphatic heterocycles. The van der Waals surface area contributed by atoms with Crippen molar-refractivity contribution in [1.82, 2.24) is 0 Å². The van der Waals surface area contributed by atoms with Gasteiger partial charge in [0.2, 0.25) is 0 Å². The number of carbonyl (C=O) groups excluding carboxylic acids is 1. The minimum atomic E-state index is -2.64. The van der Waals surface area contributed by atoms with E-state index in [0.29, 0.717) is 31.1 Å². The average Bonchev–Trinajstić information content (AvgIpc) is 2.88. The number of hydrogen-bond donors (Lipinski definition) is 0. The molecule has 0 radical (unpaired) electrons. The second kappa shape index (κ2) is 12.2. The molecule has 0 aliphatic carbocycles. The van der Waals surface area contributed by atoms with E-state index in [9.17, 15) is 4.79 Å². The Morgan fingerprint density at radius 2 is 1.40 bits per heavy atom. The Balaban J connectivity index is 1.76. The molecule has 0 aliphatic rings. The molecule has 5 nitrogen and oxygen atoms in total. The van der Waals surface area contributed by atoms with Gasteiger partial charge in [0, 0.05) is 13.0 Å². The summed E-state index contributed by atoms with van der Waals surface area (Å²) in [6.07, 6.45) is 0.762. The van der Waals surface area contributed by atoms with Gasteiger partial charge in [0.15, 0.2) is 11.5 Å². The van der Waals surface area contributed by atoms with Crippen molar-refractivity contribution in [3.05, 3.63) is 84.4 Å². The zero-order valence-corrected chi connectivity index (χ0v) is 22.3. The Kier molecular flexibility index (Phi) is 9.26. The molecule has 0 unspecified atom stereocenters. The number of carbonyl (C=O) groups is 1. The minimum Gasteiger partial charge on any atom is -0.493 e. The molecule has 0 spiro atoms. The molecule has 0 aromatic heterocycles. The number of hydrogen-bond acceptors (Lipinski definition) is 5. The zero-order chi connectivity index (χ0) is 25.3. The maximum Gasteiger partial charge on any atom is 0.261 e. The van der Waals surface area contributed by atoms with Crippen molar-refractivity contribution in [1.29, 1.82) is 0 Å². The first-order chi connectivity index (χ1) is 16.9.